The predicted molar refractivity (Wildman–Crippen MR) is 61.0 cm³/mol. The van der Waals surface area contributed by atoms with E-state index in [2.05, 4.69) is 13.8 Å². The van der Waals surface area contributed by atoms with E-state index < -0.39 is 0 Å². The second kappa shape index (κ2) is 10.0. The number of rotatable bonds is 2. The summed E-state index contributed by atoms with van der Waals surface area (Å²) in [5.41, 5.74) is 0. The maximum absolute atomic E-state index is 2.41. The lowest BCUT2D eigenvalue weighted by molar-refractivity contribution is 0.258. The first-order valence-electron chi connectivity index (χ1n) is 5.84. The average molecular weight is 188 g/mol. The van der Waals surface area contributed by atoms with Crippen LogP contribution in [0.4, 0.5) is 0 Å². The second-order valence-electron chi connectivity index (χ2n) is 3.78. The van der Waals surface area contributed by atoms with Crippen LogP contribution in [0, 0.1) is 11.8 Å². The molecule has 1 rings (SSSR count). The topological polar surface area (TPSA) is 31.5 Å². The van der Waals surface area contributed by atoms with E-state index in [4.69, 9.17) is 0 Å². The Bertz CT molecular complexity index is 85.1. The summed E-state index contributed by atoms with van der Waals surface area (Å²) >= 11 is 0. The molecule has 1 atom stereocenters. The quantitative estimate of drug-likeness (QED) is 0.631. The molecule has 0 radical (unpaired) electrons. The van der Waals surface area contributed by atoms with Crippen molar-refractivity contribution in [2.45, 2.75) is 66.2 Å². The zero-order valence-corrected chi connectivity index (χ0v) is 9.90. The van der Waals surface area contributed by atoms with Crippen molar-refractivity contribution in [1.29, 1.82) is 0 Å². The van der Waals surface area contributed by atoms with E-state index >= 15 is 0 Å². The van der Waals surface area contributed by atoms with Crippen LogP contribution in [0.1, 0.15) is 66.2 Å². The van der Waals surface area contributed by atoms with Crippen LogP contribution in [0.5, 0.6) is 0 Å². The molecule has 0 heterocycles. The summed E-state index contributed by atoms with van der Waals surface area (Å²) in [6, 6.07) is 0. The molecule has 0 aromatic heterocycles. The van der Waals surface area contributed by atoms with E-state index in [-0.39, 0.29) is 5.48 Å². The smallest absolute Gasteiger partial charge is 0.0389 e. The highest BCUT2D eigenvalue weighted by atomic mass is 16.0. The molecule has 1 heteroatoms. The molecular weight excluding hydrogens is 160 g/mol. The van der Waals surface area contributed by atoms with E-state index in [9.17, 15) is 0 Å². The standard InChI is InChI=1S/C10H20.C2H6.H2O/c1-3-9(2)10-7-5-4-6-8-10;1-2;/h9-10H,3-8H2,1-2H3;1-2H3;1H2. The third-order valence-electron chi connectivity index (χ3n) is 3.10. The summed E-state index contributed by atoms with van der Waals surface area (Å²) in [6.45, 7) is 8.73. The fourth-order valence-corrected chi connectivity index (χ4v) is 2.04. The van der Waals surface area contributed by atoms with Crippen molar-refractivity contribution in [1.82, 2.24) is 0 Å². The first-order chi connectivity index (χ1) is 5.84. The summed E-state index contributed by atoms with van der Waals surface area (Å²) in [6.07, 6.45) is 8.88. The molecule has 1 unspecified atom stereocenters. The molecule has 1 aliphatic rings. The van der Waals surface area contributed by atoms with Gasteiger partial charge in [0.15, 0.2) is 0 Å². The molecule has 0 spiro atoms. The molecule has 2 N–H and O–H groups in total. The van der Waals surface area contributed by atoms with E-state index in [1.165, 1.54) is 38.5 Å². The van der Waals surface area contributed by atoms with Gasteiger partial charge in [-0.2, -0.15) is 0 Å². The van der Waals surface area contributed by atoms with Gasteiger partial charge in [0.05, 0.1) is 0 Å². The van der Waals surface area contributed by atoms with Gasteiger partial charge >= 0.3 is 0 Å². The van der Waals surface area contributed by atoms with Crippen LogP contribution in [0.25, 0.3) is 0 Å². The largest absolute Gasteiger partial charge is 0.412 e. The third kappa shape index (κ3) is 6.09. The summed E-state index contributed by atoms with van der Waals surface area (Å²) in [5, 5.41) is 0. The van der Waals surface area contributed by atoms with Crippen molar-refractivity contribution in [2.75, 3.05) is 0 Å². The van der Waals surface area contributed by atoms with Gasteiger partial charge in [0, 0.05) is 0 Å². The maximum atomic E-state index is 2.41. The Kier molecular flexibility index (Phi) is 11.9. The lowest BCUT2D eigenvalue weighted by Crippen LogP contribution is -2.14. The van der Waals surface area contributed by atoms with Crippen molar-refractivity contribution in [3.63, 3.8) is 0 Å². The summed E-state index contributed by atoms with van der Waals surface area (Å²) in [4.78, 5) is 0. The minimum Gasteiger partial charge on any atom is -0.412 e. The molecule has 0 aromatic carbocycles. The lowest BCUT2D eigenvalue weighted by atomic mass is 9.80. The maximum Gasteiger partial charge on any atom is -0.0389 e. The van der Waals surface area contributed by atoms with Gasteiger partial charge in [0.1, 0.15) is 0 Å². The van der Waals surface area contributed by atoms with Crippen LogP contribution < -0.4 is 0 Å². The van der Waals surface area contributed by atoms with E-state index in [1.807, 2.05) is 13.8 Å². The molecule has 1 fully saturated rings. The third-order valence-corrected chi connectivity index (χ3v) is 3.10. The highest BCUT2D eigenvalue weighted by molar-refractivity contribution is 4.69. The van der Waals surface area contributed by atoms with Crippen LogP contribution in [0.2, 0.25) is 0 Å². The van der Waals surface area contributed by atoms with Crippen LogP contribution in [0.3, 0.4) is 0 Å². The molecule has 13 heavy (non-hydrogen) atoms. The second-order valence-corrected chi connectivity index (χ2v) is 3.78. The molecule has 0 bridgehead atoms. The normalized spacial score (nSPS) is 19.4. The zero-order valence-electron chi connectivity index (χ0n) is 9.90. The number of hydrogen-bond acceptors (Lipinski definition) is 0. The van der Waals surface area contributed by atoms with Crippen molar-refractivity contribution < 1.29 is 5.48 Å². The molecule has 0 saturated heterocycles. The van der Waals surface area contributed by atoms with Crippen LogP contribution >= 0.6 is 0 Å². The fraction of sp³-hybridized carbons (Fsp3) is 1.00. The van der Waals surface area contributed by atoms with Crippen LogP contribution in [-0.4, -0.2) is 5.48 Å². The lowest BCUT2D eigenvalue weighted by Gasteiger charge is -2.26. The van der Waals surface area contributed by atoms with Crippen molar-refractivity contribution >= 4 is 0 Å². The van der Waals surface area contributed by atoms with Gasteiger partial charge < -0.3 is 5.48 Å². The molecule has 1 aliphatic carbocycles. The predicted octanol–water partition coefficient (Wildman–Crippen LogP) is 3.81. The molecule has 1 saturated carbocycles. The van der Waals surface area contributed by atoms with Crippen LogP contribution in [0.15, 0.2) is 0 Å². The first kappa shape index (κ1) is 15.4. The van der Waals surface area contributed by atoms with Gasteiger partial charge in [0.2, 0.25) is 0 Å². The van der Waals surface area contributed by atoms with Crippen LogP contribution in [-0.2, 0) is 0 Å². The monoisotopic (exact) mass is 188 g/mol. The Morgan fingerprint density at radius 3 is 1.92 bits per heavy atom. The Morgan fingerprint density at radius 1 is 1.08 bits per heavy atom. The first-order valence-corrected chi connectivity index (χ1v) is 5.84. The minimum atomic E-state index is 0. The highest BCUT2D eigenvalue weighted by Gasteiger charge is 2.17. The molecule has 0 aliphatic heterocycles. The van der Waals surface area contributed by atoms with Gasteiger partial charge in [-0.25, -0.2) is 0 Å². The Morgan fingerprint density at radius 2 is 1.54 bits per heavy atom. The SMILES string of the molecule is CC.CCC(C)C1CCCCC1.O. The molecule has 1 nitrogen and oxygen atoms in total. The van der Waals surface area contributed by atoms with E-state index in [0.29, 0.717) is 0 Å². The van der Waals surface area contributed by atoms with E-state index in [0.717, 1.165) is 11.8 Å². The molecule has 82 valence electrons. The van der Waals surface area contributed by atoms with Crippen molar-refractivity contribution in [2.24, 2.45) is 11.8 Å². The average Bonchev–Trinajstić information content (AvgIpc) is 2.21. The summed E-state index contributed by atoms with van der Waals surface area (Å²) in [7, 11) is 0. The molecule has 0 aromatic rings. The van der Waals surface area contributed by atoms with Gasteiger partial charge in [-0.15, -0.1) is 0 Å². The summed E-state index contributed by atoms with van der Waals surface area (Å²) < 4.78 is 0. The fourth-order valence-electron chi connectivity index (χ4n) is 2.04. The minimum absolute atomic E-state index is 0. The Labute approximate surface area is 84.2 Å². The molecular formula is C12H28O. The Hall–Kier alpha value is -0.0400. The molecule has 0 amide bonds. The van der Waals surface area contributed by atoms with Gasteiger partial charge in [0.25, 0.3) is 0 Å². The Balaban J connectivity index is 0. The van der Waals surface area contributed by atoms with E-state index in [1.54, 1.807) is 0 Å². The van der Waals surface area contributed by atoms with Crippen molar-refractivity contribution in [3.05, 3.63) is 0 Å². The van der Waals surface area contributed by atoms with Gasteiger partial charge in [-0.3, -0.25) is 0 Å². The zero-order chi connectivity index (χ0) is 9.40. The van der Waals surface area contributed by atoms with Gasteiger partial charge in [-0.1, -0.05) is 66.2 Å². The highest BCUT2D eigenvalue weighted by Crippen LogP contribution is 2.30. The van der Waals surface area contributed by atoms with Gasteiger partial charge in [-0.05, 0) is 11.8 Å². The van der Waals surface area contributed by atoms with Crippen molar-refractivity contribution in [3.8, 4) is 0 Å². The number of hydrogen-bond donors (Lipinski definition) is 0. The summed E-state index contributed by atoms with van der Waals surface area (Å²) in [5.74, 6) is 2.05.